The number of hydrogen-bond acceptors (Lipinski definition) is 6. The summed E-state index contributed by atoms with van der Waals surface area (Å²) in [6, 6.07) is 14.1. The van der Waals surface area contributed by atoms with Crippen molar-refractivity contribution in [3.8, 4) is 22.8 Å². The van der Waals surface area contributed by atoms with Crippen LogP contribution >= 0.6 is 0 Å². The van der Waals surface area contributed by atoms with E-state index >= 15 is 0 Å². The number of nitrogens with zero attached hydrogens (tertiary/aromatic N) is 5. The Balaban J connectivity index is 1.49. The fourth-order valence-corrected chi connectivity index (χ4v) is 2.61. The Morgan fingerprint density at radius 3 is 2.48 bits per heavy atom. The summed E-state index contributed by atoms with van der Waals surface area (Å²) < 4.78 is 7.20. The van der Waals surface area contributed by atoms with Gasteiger partial charge in [0.2, 0.25) is 5.89 Å². The van der Waals surface area contributed by atoms with Gasteiger partial charge in [0.05, 0.1) is 11.5 Å². The van der Waals surface area contributed by atoms with Crippen LogP contribution in [0.15, 0.2) is 65.5 Å². The van der Waals surface area contributed by atoms with E-state index in [0.29, 0.717) is 23.8 Å². The molecular formula is C19H15N5O3. The highest BCUT2D eigenvalue weighted by molar-refractivity contribution is 5.56. The minimum atomic E-state index is -0.438. The maximum absolute atomic E-state index is 10.7. The smallest absolute Gasteiger partial charge is 0.269 e. The molecule has 0 saturated heterocycles. The van der Waals surface area contributed by atoms with E-state index in [4.69, 9.17) is 4.42 Å². The molecule has 4 rings (SSSR count). The number of aromatic nitrogens is 4. The normalized spacial score (nSPS) is 10.9. The average molecular weight is 361 g/mol. The molecule has 2 aromatic carbocycles. The summed E-state index contributed by atoms with van der Waals surface area (Å²) in [5, 5.41) is 15.1. The summed E-state index contributed by atoms with van der Waals surface area (Å²) in [6.07, 6.45) is 3.19. The van der Waals surface area contributed by atoms with Crippen molar-refractivity contribution in [1.29, 1.82) is 0 Å². The van der Waals surface area contributed by atoms with Crippen LogP contribution in [0.2, 0.25) is 0 Å². The highest BCUT2D eigenvalue weighted by Gasteiger charge is 2.11. The molecule has 0 saturated carbocycles. The average Bonchev–Trinajstić information content (AvgIpc) is 3.33. The molecule has 27 heavy (non-hydrogen) atoms. The quantitative estimate of drug-likeness (QED) is 0.395. The van der Waals surface area contributed by atoms with Gasteiger partial charge in [0.15, 0.2) is 5.82 Å². The molecule has 0 radical (unpaired) electrons. The molecule has 134 valence electrons. The van der Waals surface area contributed by atoms with Gasteiger partial charge in [-0.1, -0.05) is 17.7 Å². The van der Waals surface area contributed by atoms with Crippen molar-refractivity contribution >= 4 is 5.69 Å². The molecule has 2 aromatic heterocycles. The van der Waals surface area contributed by atoms with Crippen LogP contribution in [0.5, 0.6) is 0 Å². The molecule has 0 amide bonds. The first-order valence-corrected chi connectivity index (χ1v) is 8.24. The van der Waals surface area contributed by atoms with Crippen LogP contribution in [0.4, 0.5) is 5.69 Å². The van der Waals surface area contributed by atoms with E-state index in [2.05, 4.69) is 15.1 Å². The number of rotatable bonds is 5. The molecule has 2 heterocycles. The second-order valence-electron chi connectivity index (χ2n) is 6.08. The maximum atomic E-state index is 10.7. The van der Waals surface area contributed by atoms with E-state index in [9.17, 15) is 10.1 Å². The van der Waals surface area contributed by atoms with Gasteiger partial charge in [0.25, 0.3) is 5.69 Å². The summed E-state index contributed by atoms with van der Waals surface area (Å²) in [4.78, 5) is 19.0. The van der Waals surface area contributed by atoms with Crippen LogP contribution in [0.25, 0.3) is 22.8 Å². The van der Waals surface area contributed by atoms with Crippen molar-refractivity contribution in [3.05, 3.63) is 82.5 Å². The molecule has 0 atom stereocenters. The van der Waals surface area contributed by atoms with E-state index in [0.717, 1.165) is 11.3 Å². The molecule has 0 aliphatic heterocycles. The zero-order chi connectivity index (χ0) is 18.8. The molecule has 8 heteroatoms. The number of oxazole rings is 1. The molecule has 0 aliphatic rings. The molecular weight excluding hydrogens is 346 g/mol. The lowest BCUT2D eigenvalue weighted by atomic mass is 10.1. The van der Waals surface area contributed by atoms with Gasteiger partial charge < -0.3 is 4.42 Å². The Bertz CT molecular complexity index is 1080. The highest BCUT2D eigenvalue weighted by atomic mass is 16.6. The molecule has 0 spiro atoms. The largest absolute Gasteiger partial charge is 0.444 e. The predicted molar refractivity (Wildman–Crippen MR) is 97.9 cm³/mol. The fourth-order valence-electron chi connectivity index (χ4n) is 2.61. The minimum Gasteiger partial charge on any atom is -0.444 e. The second kappa shape index (κ2) is 6.83. The van der Waals surface area contributed by atoms with Gasteiger partial charge >= 0.3 is 0 Å². The molecule has 0 fully saturated rings. The Labute approximate surface area is 154 Å². The number of non-ortho nitro benzene ring substituents is 1. The predicted octanol–water partition coefficient (Wildman–Crippen LogP) is 3.87. The summed E-state index contributed by atoms with van der Waals surface area (Å²) in [5.41, 5.74) is 3.55. The molecule has 4 aromatic rings. The van der Waals surface area contributed by atoms with E-state index in [1.165, 1.54) is 17.7 Å². The van der Waals surface area contributed by atoms with Crippen LogP contribution < -0.4 is 0 Å². The van der Waals surface area contributed by atoms with Gasteiger partial charge in [-0.2, -0.15) is 5.10 Å². The van der Waals surface area contributed by atoms with E-state index in [1.54, 1.807) is 29.4 Å². The number of aryl methyl sites for hydroxylation is 1. The zero-order valence-corrected chi connectivity index (χ0v) is 14.4. The van der Waals surface area contributed by atoms with E-state index < -0.39 is 4.92 Å². The number of nitro groups is 1. The third-order valence-electron chi connectivity index (χ3n) is 4.05. The van der Waals surface area contributed by atoms with Crippen molar-refractivity contribution < 1.29 is 9.34 Å². The minimum absolute atomic E-state index is 0.0319. The third kappa shape index (κ3) is 3.59. The molecule has 8 nitrogen and oxygen atoms in total. The molecule has 0 N–H and O–H groups in total. The van der Waals surface area contributed by atoms with Gasteiger partial charge in [-0.3, -0.25) is 10.1 Å². The fraction of sp³-hybridized carbons (Fsp3) is 0.105. The lowest BCUT2D eigenvalue weighted by molar-refractivity contribution is -0.384. The van der Waals surface area contributed by atoms with E-state index in [-0.39, 0.29) is 5.69 Å². The van der Waals surface area contributed by atoms with Gasteiger partial charge in [-0.25, -0.2) is 14.6 Å². The second-order valence-corrected chi connectivity index (χ2v) is 6.08. The summed E-state index contributed by atoms with van der Waals surface area (Å²) >= 11 is 0. The van der Waals surface area contributed by atoms with Gasteiger partial charge in [0.1, 0.15) is 18.3 Å². The lowest BCUT2D eigenvalue weighted by Crippen LogP contribution is -2.00. The zero-order valence-electron chi connectivity index (χ0n) is 14.4. The first-order chi connectivity index (χ1) is 13.1. The Morgan fingerprint density at radius 2 is 1.78 bits per heavy atom. The van der Waals surface area contributed by atoms with Crippen molar-refractivity contribution in [2.75, 3.05) is 0 Å². The molecule has 0 unspecified atom stereocenters. The lowest BCUT2D eigenvalue weighted by Gasteiger charge is -1.97. The highest BCUT2D eigenvalue weighted by Crippen LogP contribution is 2.21. The third-order valence-corrected chi connectivity index (χ3v) is 4.05. The summed E-state index contributed by atoms with van der Waals surface area (Å²) in [7, 11) is 0. The monoisotopic (exact) mass is 361 g/mol. The van der Waals surface area contributed by atoms with E-state index in [1.807, 2.05) is 31.2 Å². The molecule has 0 aliphatic carbocycles. The summed E-state index contributed by atoms with van der Waals surface area (Å²) in [5.74, 6) is 1.05. The standard InChI is InChI=1S/C19H15N5O3/c1-13-2-4-15(5-3-13)19-21-16(11-27-19)10-23-12-20-18(22-23)14-6-8-17(9-7-14)24(25)26/h2-9,11-12H,10H2,1H3. The number of hydrogen-bond donors (Lipinski definition) is 0. The molecule has 0 bridgehead atoms. The van der Waals surface area contributed by atoms with Gasteiger partial charge in [-0.05, 0) is 31.2 Å². The summed E-state index contributed by atoms with van der Waals surface area (Å²) in [6.45, 7) is 2.44. The number of nitro benzene ring substituents is 1. The Kier molecular flexibility index (Phi) is 4.21. The number of benzene rings is 2. The maximum Gasteiger partial charge on any atom is 0.269 e. The van der Waals surface area contributed by atoms with Crippen LogP contribution in [0.1, 0.15) is 11.3 Å². The van der Waals surface area contributed by atoms with Gasteiger partial charge in [-0.15, -0.1) is 0 Å². The van der Waals surface area contributed by atoms with Crippen molar-refractivity contribution in [2.24, 2.45) is 0 Å². The Hall–Kier alpha value is -3.81. The van der Waals surface area contributed by atoms with Crippen molar-refractivity contribution in [2.45, 2.75) is 13.5 Å². The van der Waals surface area contributed by atoms with Crippen molar-refractivity contribution in [1.82, 2.24) is 19.7 Å². The van der Waals surface area contributed by atoms with Gasteiger partial charge in [0, 0.05) is 23.3 Å². The first kappa shape index (κ1) is 16.6. The van der Waals surface area contributed by atoms with Crippen LogP contribution in [0, 0.1) is 17.0 Å². The van der Waals surface area contributed by atoms with Crippen LogP contribution in [-0.4, -0.2) is 24.7 Å². The van der Waals surface area contributed by atoms with Crippen LogP contribution in [0.3, 0.4) is 0 Å². The van der Waals surface area contributed by atoms with Crippen molar-refractivity contribution in [3.63, 3.8) is 0 Å². The Morgan fingerprint density at radius 1 is 1.07 bits per heavy atom. The van der Waals surface area contributed by atoms with Crippen LogP contribution in [-0.2, 0) is 6.54 Å². The topological polar surface area (TPSA) is 99.9 Å². The SMILES string of the molecule is Cc1ccc(-c2nc(Cn3cnc(-c4ccc([N+](=O)[O-])cc4)n3)co2)cc1. The first-order valence-electron chi connectivity index (χ1n) is 8.24.